The summed E-state index contributed by atoms with van der Waals surface area (Å²) in [5.41, 5.74) is -1.19. The zero-order valence-electron chi connectivity index (χ0n) is 15.1. The number of hydrogen-bond donors (Lipinski definition) is 2. The van der Waals surface area contributed by atoms with Crippen molar-refractivity contribution in [2.45, 2.75) is 0 Å². The molecule has 30 heavy (non-hydrogen) atoms. The molecular formula is C24H10O6. The zero-order chi connectivity index (χ0) is 20.3. The van der Waals surface area contributed by atoms with Crippen molar-refractivity contribution < 1.29 is 19.0 Å². The van der Waals surface area contributed by atoms with Gasteiger partial charge in [-0.2, -0.15) is 0 Å². The molecule has 0 unspecified atom stereocenters. The fourth-order valence-corrected chi connectivity index (χ4v) is 4.98. The van der Waals surface area contributed by atoms with Gasteiger partial charge >= 0.3 is 11.3 Å². The smallest absolute Gasteiger partial charge is 0.346 e. The van der Waals surface area contributed by atoms with E-state index in [1.807, 2.05) is 24.3 Å². The molecule has 0 saturated carbocycles. The van der Waals surface area contributed by atoms with E-state index in [0.29, 0.717) is 32.3 Å². The van der Waals surface area contributed by atoms with Crippen molar-refractivity contribution in [1.29, 1.82) is 0 Å². The van der Waals surface area contributed by atoms with Crippen molar-refractivity contribution in [3.05, 3.63) is 69.4 Å². The molecule has 0 spiro atoms. The summed E-state index contributed by atoms with van der Waals surface area (Å²) in [6.07, 6.45) is 0. The Bertz CT molecular complexity index is 1790. The van der Waals surface area contributed by atoms with Crippen molar-refractivity contribution >= 4 is 64.6 Å². The van der Waals surface area contributed by atoms with Gasteiger partial charge in [0.25, 0.3) is 11.9 Å². The topological polar surface area (TPSA) is 101 Å². The molecule has 0 aliphatic rings. The predicted molar refractivity (Wildman–Crippen MR) is 114 cm³/mol. The van der Waals surface area contributed by atoms with Gasteiger partial charge in [0.15, 0.2) is 0 Å². The molecular weight excluding hydrogens is 384 g/mol. The second-order valence-electron chi connectivity index (χ2n) is 7.53. The van der Waals surface area contributed by atoms with Crippen molar-refractivity contribution in [3.63, 3.8) is 0 Å². The lowest BCUT2D eigenvalue weighted by atomic mass is 9.86. The van der Waals surface area contributed by atoms with Gasteiger partial charge in [0, 0.05) is 10.8 Å². The van der Waals surface area contributed by atoms with E-state index in [4.69, 9.17) is 8.83 Å². The quantitative estimate of drug-likeness (QED) is 0.283. The molecule has 0 aliphatic carbocycles. The summed E-state index contributed by atoms with van der Waals surface area (Å²) < 4.78 is 9.98. The van der Waals surface area contributed by atoms with Gasteiger partial charge in [0.1, 0.15) is 0 Å². The van der Waals surface area contributed by atoms with Crippen LogP contribution in [0.2, 0.25) is 0 Å². The van der Waals surface area contributed by atoms with Crippen molar-refractivity contribution in [2.75, 3.05) is 0 Å². The van der Waals surface area contributed by atoms with Crippen LogP contribution in [-0.4, -0.2) is 10.2 Å². The Morgan fingerprint density at radius 1 is 0.433 bits per heavy atom. The second-order valence-corrected chi connectivity index (χ2v) is 7.53. The van der Waals surface area contributed by atoms with Gasteiger partial charge < -0.3 is 19.0 Å². The van der Waals surface area contributed by atoms with Gasteiger partial charge in [-0.25, -0.2) is 9.59 Å². The van der Waals surface area contributed by atoms with Crippen LogP contribution in [0.15, 0.2) is 67.0 Å². The highest BCUT2D eigenvalue weighted by Crippen LogP contribution is 2.46. The van der Waals surface area contributed by atoms with Crippen LogP contribution in [0, 0.1) is 0 Å². The van der Waals surface area contributed by atoms with Gasteiger partial charge in [0.2, 0.25) is 0 Å². The van der Waals surface area contributed by atoms with Crippen LogP contribution in [0.25, 0.3) is 64.6 Å². The van der Waals surface area contributed by atoms with E-state index in [0.717, 1.165) is 32.3 Å². The van der Waals surface area contributed by atoms with Gasteiger partial charge in [-0.15, -0.1) is 0 Å². The molecule has 5 aromatic carbocycles. The Hall–Kier alpha value is -4.32. The monoisotopic (exact) mass is 394 g/mol. The van der Waals surface area contributed by atoms with E-state index in [9.17, 15) is 19.8 Å². The molecule has 142 valence electrons. The largest absolute Gasteiger partial charge is 0.480 e. The Kier molecular flexibility index (Phi) is 2.50. The third kappa shape index (κ3) is 1.58. The third-order valence-corrected chi connectivity index (χ3v) is 6.18. The standard InChI is InChI=1S/C24H10O6/c25-21-13-5-1-9-10-2-6-15-20-16(24(28)30-23(15)27)8-4-12(18(10)20)11-3-7-14(22(26)29-21)19(13)17(9)11/h1-8,25,28H. The Balaban J connectivity index is 1.92. The lowest BCUT2D eigenvalue weighted by molar-refractivity contribution is 0.319. The molecule has 0 saturated heterocycles. The summed E-state index contributed by atoms with van der Waals surface area (Å²) in [5.74, 6) is -0.816. The molecule has 2 N–H and O–H groups in total. The van der Waals surface area contributed by atoms with Crippen LogP contribution in [0.4, 0.5) is 0 Å². The molecule has 7 aromatic rings. The van der Waals surface area contributed by atoms with Gasteiger partial charge in [-0.1, -0.05) is 24.3 Å². The molecule has 0 aliphatic heterocycles. The minimum atomic E-state index is -0.595. The molecule has 2 aromatic heterocycles. The summed E-state index contributed by atoms with van der Waals surface area (Å²) >= 11 is 0. The van der Waals surface area contributed by atoms with Gasteiger partial charge in [0.05, 0.1) is 21.5 Å². The minimum absolute atomic E-state index is 0.395. The number of rotatable bonds is 0. The summed E-state index contributed by atoms with van der Waals surface area (Å²) in [6.45, 7) is 0. The van der Waals surface area contributed by atoms with Gasteiger partial charge in [-0.3, -0.25) is 0 Å². The van der Waals surface area contributed by atoms with Gasteiger partial charge in [-0.05, 0) is 56.6 Å². The summed E-state index contributed by atoms with van der Waals surface area (Å²) in [5, 5.41) is 28.7. The fourth-order valence-electron chi connectivity index (χ4n) is 4.98. The molecule has 0 radical (unpaired) electrons. The number of aromatic hydroxyl groups is 2. The first kappa shape index (κ1) is 15.6. The van der Waals surface area contributed by atoms with Crippen LogP contribution in [0.1, 0.15) is 0 Å². The van der Waals surface area contributed by atoms with E-state index < -0.39 is 23.1 Å². The minimum Gasteiger partial charge on any atom is -0.480 e. The molecule has 0 fully saturated rings. The highest BCUT2D eigenvalue weighted by molar-refractivity contribution is 6.39. The molecule has 0 atom stereocenters. The fraction of sp³-hybridized carbons (Fsp3) is 0. The Labute approximate surface area is 165 Å². The van der Waals surface area contributed by atoms with Crippen LogP contribution in [-0.2, 0) is 0 Å². The molecule has 7 rings (SSSR count). The first-order chi connectivity index (χ1) is 14.5. The first-order valence-electron chi connectivity index (χ1n) is 9.31. The Morgan fingerprint density at radius 3 is 1.07 bits per heavy atom. The lowest BCUT2D eigenvalue weighted by Gasteiger charge is -2.17. The van der Waals surface area contributed by atoms with E-state index in [-0.39, 0.29) is 0 Å². The number of fused-ring (bicyclic) bond motifs is 2. The molecule has 0 amide bonds. The van der Waals surface area contributed by atoms with Crippen molar-refractivity contribution in [3.8, 4) is 11.9 Å². The highest BCUT2D eigenvalue weighted by atomic mass is 16.5. The molecule has 6 heteroatoms. The average molecular weight is 394 g/mol. The lowest BCUT2D eigenvalue weighted by Crippen LogP contribution is -2.02. The predicted octanol–water partition coefficient (Wildman–Crippen LogP) is 4.80. The molecule has 0 bridgehead atoms. The number of benzene rings is 5. The third-order valence-electron chi connectivity index (χ3n) is 6.18. The Morgan fingerprint density at radius 2 is 0.700 bits per heavy atom. The van der Waals surface area contributed by atoms with Crippen molar-refractivity contribution in [1.82, 2.24) is 0 Å². The SMILES string of the molecule is O=c1oc(O)c2ccc3c4ccc5c(=O)oc(O)c6ccc(c7ccc1c2c37)c4c65. The first-order valence-corrected chi connectivity index (χ1v) is 9.31. The van der Waals surface area contributed by atoms with Crippen LogP contribution < -0.4 is 11.3 Å². The van der Waals surface area contributed by atoms with Crippen LogP contribution in [0.3, 0.4) is 0 Å². The van der Waals surface area contributed by atoms with Crippen LogP contribution in [0.5, 0.6) is 11.9 Å². The maximum absolute atomic E-state index is 12.4. The summed E-state index contributed by atoms with van der Waals surface area (Å²) in [6, 6.07) is 14.3. The van der Waals surface area contributed by atoms with E-state index >= 15 is 0 Å². The summed E-state index contributed by atoms with van der Waals surface area (Å²) in [7, 11) is 0. The van der Waals surface area contributed by atoms with E-state index in [2.05, 4.69) is 0 Å². The van der Waals surface area contributed by atoms with E-state index in [1.165, 1.54) is 0 Å². The van der Waals surface area contributed by atoms with Crippen molar-refractivity contribution in [2.24, 2.45) is 0 Å². The number of hydrogen-bond acceptors (Lipinski definition) is 6. The van der Waals surface area contributed by atoms with Crippen LogP contribution >= 0.6 is 0 Å². The highest BCUT2D eigenvalue weighted by Gasteiger charge is 2.22. The summed E-state index contributed by atoms with van der Waals surface area (Å²) in [4.78, 5) is 24.7. The zero-order valence-corrected chi connectivity index (χ0v) is 15.1. The normalized spacial score (nSPS) is 12.5. The van der Waals surface area contributed by atoms with E-state index in [1.54, 1.807) is 24.3 Å². The maximum atomic E-state index is 12.4. The molecule has 6 nitrogen and oxygen atoms in total. The maximum Gasteiger partial charge on any atom is 0.346 e. The molecule has 2 heterocycles. The average Bonchev–Trinajstić information content (AvgIpc) is 2.74. The second kappa shape index (κ2) is 4.80.